The topological polar surface area (TPSA) is 82.8 Å². The van der Waals surface area contributed by atoms with Crippen molar-refractivity contribution in [1.82, 2.24) is 10.2 Å². The molecule has 1 aromatic rings. The Morgan fingerprint density at radius 1 is 1.52 bits per heavy atom. The molecule has 1 saturated heterocycles. The monoisotopic (exact) mass is 294 g/mol. The van der Waals surface area contributed by atoms with E-state index in [0.29, 0.717) is 25.9 Å². The zero-order valence-electron chi connectivity index (χ0n) is 12.5. The Morgan fingerprint density at radius 3 is 2.81 bits per heavy atom. The van der Waals surface area contributed by atoms with Crippen molar-refractivity contribution in [2.75, 3.05) is 19.6 Å². The molecule has 6 heteroatoms. The lowest BCUT2D eigenvalue weighted by Crippen LogP contribution is -2.44. The van der Waals surface area contributed by atoms with Crippen LogP contribution < -0.4 is 5.32 Å². The Morgan fingerprint density at radius 2 is 2.29 bits per heavy atom. The normalized spacial score (nSPS) is 21.8. The van der Waals surface area contributed by atoms with E-state index in [2.05, 4.69) is 5.32 Å². The van der Waals surface area contributed by atoms with Gasteiger partial charge in [-0.2, -0.15) is 0 Å². The fourth-order valence-corrected chi connectivity index (χ4v) is 2.76. The number of rotatable bonds is 5. The van der Waals surface area contributed by atoms with Crippen molar-refractivity contribution in [2.24, 2.45) is 11.3 Å². The SMILES string of the molecule is CC(C)C1(C(=O)O)CCN(C(=O)NCCc2ccco2)C1. The lowest BCUT2D eigenvalue weighted by Gasteiger charge is -2.28. The van der Waals surface area contributed by atoms with Gasteiger partial charge in [-0.15, -0.1) is 0 Å². The number of amides is 2. The molecule has 1 aromatic heterocycles. The Bertz CT molecular complexity index is 498. The van der Waals surface area contributed by atoms with Gasteiger partial charge in [0.15, 0.2) is 0 Å². The fourth-order valence-electron chi connectivity index (χ4n) is 2.76. The van der Waals surface area contributed by atoms with E-state index < -0.39 is 11.4 Å². The largest absolute Gasteiger partial charge is 0.481 e. The van der Waals surface area contributed by atoms with Crippen LogP contribution in [-0.2, 0) is 11.2 Å². The summed E-state index contributed by atoms with van der Waals surface area (Å²) in [6, 6.07) is 3.46. The van der Waals surface area contributed by atoms with E-state index in [0.717, 1.165) is 5.76 Å². The van der Waals surface area contributed by atoms with Crippen LogP contribution in [-0.4, -0.2) is 41.6 Å². The van der Waals surface area contributed by atoms with Crippen LogP contribution in [0, 0.1) is 11.3 Å². The molecule has 0 bridgehead atoms. The molecule has 21 heavy (non-hydrogen) atoms. The lowest BCUT2D eigenvalue weighted by molar-refractivity contribution is -0.150. The smallest absolute Gasteiger partial charge is 0.317 e. The van der Waals surface area contributed by atoms with Crippen LogP contribution in [0.15, 0.2) is 22.8 Å². The average molecular weight is 294 g/mol. The number of urea groups is 1. The van der Waals surface area contributed by atoms with Gasteiger partial charge in [0.1, 0.15) is 5.76 Å². The number of likely N-dealkylation sites (tertiary alicyclic amines) is 1. The molecular formula is C15H22N2O4. The number of hydrogen-bond acceptors (Lipinski definition) is 3. The predicted octanol–water partition coefficient (Wildman–Crippen LogP) is 1.96. The molecule has 2 N–H and O–H groups in total. The molecule has 2 rings (SSSR count). The second-order valence-corrected chi connectivity index (χ2v) is 5.85. The third-order valence-corrected chi connectivity index (χ3v) is 4.35. The Balaban J connectivity index is 1.85. The van der Waals surface area contributed by atoms with Gasteiger partial charge in [0.05, 0.1) is 11.7 Å². The number of nitrogens with one attached hydrogen (secondary N) is 1. The summed E-state index contributed by atoms with van der Waals surface area (Å²) in [6.45, 7) is 5.02. The van der Waals surface area contributed by atoms with Crippen LogP contribution in [0.2, 0.25) is 0 Å². The number of carboxylic acids is 1. The Hall–Kier alpha value is -1.98. The highest BCUT2D eigenvalue weighted by atomic mass is 16.4. The van der Waals surface area contributed by atoms with Gasteiger partial charge >= 0.3 is 12.0 Å². The predicted molar refractivity (Wildman–Crippen MR) is 76.9 cm³/mol. The summed E-state index contributed by atoms with van der Waals surface area (Å²) >= 11 is 0. The van der Waals surface area contributed by atoms with E-state index in [4.69, 9.17) is 4.42 Å². The van der Waals surface area contributed by atoms with Gasteiger partial charge in [0, 0.05) is 26.1 Å². The van der Waals surface area contributed by atoms with Gasteiger partial charge in [-0.1, -0.05) is 13.8 Å². The van der Waals surface area contributed by atoms with Crippen molar-refractivity contribution in [2.45, 2.75) is 26.7 Å². The number of furan rings is 1. The first-order valence-electron chi connectivity index (χ1n) is 7.24. The van der Waals surface area contributed by atoms with Crippen molar-refractivity contribution >= 4 is 12.0 Å². The number of carboxylic acid groups (broad SMARTS) is 1. The van der Waals surface area contributed by atoms with Gasteiger partial charge in [-0.3, -0.25) is 4.79 Å². The number of nitrogens with zero attached hydrogens (tertiary/aromatic N) is 1. The van der Waals surface area contributed by atoms with Crippen LogP contribution in [0.1, 0.15) is 26.0 Å². The molecule has 1 aliphatic heterocycles. The molecule has 1 fully saturated rings. The number of aliphatic carboxylic acids is 1. The Labute approximate surface area is 124 Å². The van der Waals surface area contributed by atoms with Gasteiger partial charge in [-0.25, -0.2) is 4.79 Å². The number of hydrogen-bond donors (Lipinski definition) is 2. The molecule has 1 aliphatic rings. The number of carbonyl (C=O) groups excluding carboxylic acids is 1. The molecule has 116 valence electrons. The van der Waals surface area contributed by atoms with E-state index >= 15 is 0 Å². The second-order valence-electron chi connectivity index (χ2n) is 5.85. The molecule has 6 nitrogen and oxygen atoms in total. The van der Waals surface area contributed by atoms with Crippen LogP contribution in [0.5, 0.6) is 0 Å². The summed E-state index contributed by atoms with van der Waals surface area (Å²) in [5.41, 5.74) is -0.821. The summed E-state index contributed by atoms with van der Waals surface area (Å²) in [5.74, 6) is -0.00177. The maximum atomic E-state index is 12.1. The van der Waals surface area contributed by atoms with Crippen LogP contribution >= 0.6 is 0 Å². The van der Waals surface area contributed by atoms with E-state index in [1.54, 1.807) is 11.2 Å². The first kappa shape index (κ1) is 15.4. The molecule has 0 spiro atoms. The quantitative estimate of drug-likeness (QED) is 0.869. The van der Waals surface area contributed by atoms with Crippen LogP contribution in [0.3, 0.4) is 0 Å². The average Bonchev–Trinajstić information content (AvgIpc) is 3.08. The van der Waals surface area contributed by atoms with Gasteiger partial charge < -0.3 is 19.7 Å². The first-order valence-corrected chi connectivity index (χ1v) is 7.24. The van der Waals surface area contributed by atoms with Crippen molar-refractivity contribution in [3.8, 4) is 0 Å². The van der Waals surface area contributed by atoms with Gasteiger partial charge in [0.25, 0.3) is 0 Å². The Kier molecular flexibility index (Phi) is 4.55. The third kappa shape index (κ3) is 3.20. The minimum Gasteiger partial charge on any atom is -0.481 e. The highest BCUT2D eigenvalue weighted by Crippen LogP contribution is 2.38. The zero-order chi connectivity index (χ0) is 15.5. The molecule has 1 atom stereocenters. The minimum absolute atomic E-state index is 0.00378. The molecule has 0 aromatic carbocycles. The van der Waals surface area contributed by atoms with E-state index in [1.807, 2.05) is 26.0 Å². The van der Waals surface area contributed by atoms with Crippen LogP contribution in [0.4, 0.5) is 4.79 Å². The minimum atomic E-state index is -0.821. The zero-order valence-corrected chi connectivity index (χ0v) is 12.5. The molecule has 2 amide bonds. The summed E-state index contributed by atoms with van der Waals surface area (Å²) in [6.07, 6.45) is 2.73. The van der Waals surface area contributed by atoms with E-state index in [-0.39, 0.29) is 18.5 Å². The van der Waals surface area contributed by atoms with Crippen molar-refractivity contribution in [3.63, 3.8) is 0 Å². The highest BCUT2D eigenvalue weighted by molar-refractivity contribution is 5.80. The molecule has 0 saturated carbocycles. The highest BCUT2D eigenvalue weighted by Gasteiger charge is 2.48. The maximum absolute atomic E-state index is 12.1. The summed E-state index contributed by atoms with van der Waals surface area (Å²) < 4.78 is 5.19. The lowest BCUT2D eigenvalue weighted by atomic mass is 9.76. The third-order valence-electron chi connectivity index (χ3n) is 4.35. The van der Waals surface area contributed by atoms with Gasteiger partial charge in [-0.05, 0) is 24.5 Å². The molecule has 1 unspecified atom stereocenters. The number of carbonyl (C=O) groups is 2. The van der Waals surface area contributed by atoms with Crippen molar-refractivity contribution < 1.29 is 19.1 Å². The van der Waals surface area contributed by atoms with E-state index in [1.165, 1.54) is 0 Å². The fraction of sp³-hybridized carbons (Fsp3) is 0.600. The molecule has 2 heterocycles. The standard InChI is InChI=1S/C15H22N2O4/c1-11(2)15(13(18)19)6-8-17(10-15)14(20)16-7-5-12-4-3-9-21-12/h3-4,9,11H,5-8,10H2,1-2H3,(H,16,20)(H,18,19). The molecular weight excluding hydrogens is 272 g/mol. The van der Waals surface area contributed by atoms with Crippen molar-refractivity contribution in [1.29, 1.82) is 0 Å². The van der Waals surface area contributed by atoms with Crippen molar-refractivity contribution in [3.05, 3.63) is 24.2 Å². The molecule has 0 aliphatic carbocycles. The van der Waals surface area contributed by atoms with E-state index in [9.17, 15) is 14.7 Å². The van der Waals surface area contributed by atoms with Gasteiger partial charge in [0.2, 0.25) is 0 Å². The summed E-state index contributed by atoms with van der Waals surface area (Å²) in [7, 11) is 0. The summed E-state index contributed by atoms with van der Waals surface area (Å²) in [4.78, 5) is 25.2. The maximum Gasteiger partial charge on any atom is 0.317 e. The summed E-state index contributed by atoms with van der Waals surface area (Å²) in [5, 5.41) is 12.3. The molecule has 0 radical (unpaired) electrons. The first-order chi connectivity index (χ1) is 9.95. The van der Waals surface area contributed by atoms with Crippen LogP contribution in [0.25, 0.3) is 0 Å². The second kappa shape index (κ2) is 6.20.